The van der Waals surface area contributed by atoms with Crippen LogP contribution in [0.3, 0.4) is 0 Å². The Kier molecular flexibility index (Phi) is 3.43. The Hall–Kier alpha value is -6.44. The zero-order valence-corrected chi connectivity index (χ0v) is 25.3. The fourth-order valence-electron chi connectivity index (χ4n) is 6.57. The molecule has 0 N–H and O–H groups in total. The summed E-state index contributed by atoms with van der Waals surface area (Å²) in [5.41, 5.74) is 0.904. The molecule has 10 rings (SSSR count). The quantitative estimate of drug-likeness (QED) is 0.174. The van der Waals surface area contributed by atoms with E-state index in [4.69, 9.17) is 26.3 Å². The summed E-state index contributed by atoms with van der Waals surface area (Å²) in [5.74, 6) is 0. The minimum atomic E-state index is -0.671. The molecule has 0 amide bonds. The average Bonchev–Trinajstić information content (AvgIpc) is 3.73. The van der Waals surface area contributed by atoms with Gasteiger partial charge in [0.05, 0.1) is 24.7 Å². The molecule has 0 spiro atoms. The van der Waals surface area contributed by atoms with E-state index in [9.17, 15) is 2.74 Å². The smallest absolute Gasteiger partial charge is 0.136 e. The van der Waals surface area contributed by atoms with Gasteiger partial charge in [-0.15, -0.1) is 0 Å². The highest BCUT2D eigenvalue weighted by Crippen LogP contribution is 2.47. The van der Waals surface area contributed by atoms with Crippen molar-refractivity contribution in [2.45, 2.75) is 0 Å². The molecule has 0 aliphatic rings. The number of rotatable bonds is 4. The average molecular weight is 641 g/mol. The molecule has 1 nitrogen and oxygen atoms in total. The van der Waals surface area contributed by atoms with Crippen molar-refractivity contribution in [2.24, 2.45) is 0 Å². The van der Waals surface area contributed by atoms with Gasteiger partial charge in [0.2, 0.25) is 0 Å². The van der Waals surface area contributed by atoms with Crippen LogP contribution < -0.4 is 0 Å². The van der Waals surface area contributed by atoms with Crippen LogP contribution in [-0.4, -0.2) is 0 Å². The molecule has 10 aromatic rings. The van der Waals surface area contributed by atoms with E-state index in [0.29, 0.717) is 38.2 Å². The second kappa shape index (κ2) is 11.1. The van der Waals surface area contributed by atoms with E-state index in [1.165, 1.54) is 0 Å². The van der Waals surface area contributed by atoms with Crippen LogP contribution >= 0.6 is 0 Å². The van der Waals surface area contributed by atoms with Gasteiger partial charge in [0.1, 0.15) is 11.2 Å². The first-order valence-electron chi connectivity index (χ1n) is 24.4. The van der Waals surface area contributed by atoms with Crippen LogP contribution in [0.25, 0.3) is 98.8 Å². The summed E-state index contributed by atoms with van der Waals surface area (Å²) in [6.07, 6.45) is 0. The summed E-state index contributed by atoms with van der Waals surface area (Å²) in [5, 5.41) is 2.08. The van der Waals surface area contributed by atoms with Crippen LogP contribution in [0.15, 0.2) is 186 Å². The first-order chi connectivity index (χ1) is 31.8. The highest BCUT2D eigenvalue weighted by atomic mass is 16.3. The SMILES string of the molecule is [2H]c1c([2H])c([2H])c(-c2c([2H])c([2H])c(-c3ccc(-c4c5ccccc5c(-c5c([2H])c([2H])c([2H])c6oc7c([2H])c8c([2H])c([2H])c([2H])c([2H])c8c([2H])c7c56)c5ccccc45)cc3)c([2H])c2[2H])c([2H])c1[2H]. The molecule has 1 aromatic heterocycles. The van der Waals surface area contributed by atoms with Crippen LogP contribution in [0.5, 0.6) is 0 Å². The predicted molar refractivity (Wildman–Crippen MR) is 208 cm³/mol. The van der Waals surface area contributed by atoms with Crippen molar-refractivity contribution in [3.63, 3.8) is 0 Å². The molecule has 0 aliphatic heterocycles. The van der Waals surface area contributed by atoms with Gasteiger partial charge in [-0.05, 0) is 95.0 Å². The van der Waals surface area contributed by atoms with Gasteiger partial charge in [-0.2, -0.15) is 0 Å². The second-order valence-electron chi connectivity index (χ2n) is 11.4. The van der Waals surface area contributed by atoms with Crippen molar-refractivity contribution in [1.29, 1.82) is 0 Å². The monoisotopic (exact) mass is 640 g/mol. The van der Waals surface area contributed by atoms with E-state index in [1.807, 2.05) is 36.4 Å². The van der Waals surface area contributed by atoms with Crippen LogP contribution in [-0.2, 0) is 0 Å². The third kappa shape index (κ3) is 4.47. The van der Waals surface area contributed by atoms with E-state index in [-0.39, 0.29) is 55.9 Å². The van der Waals surface area contributed by atoms with E-state index in [2.05, 4.69) is 0 Å². The van der Waals surface area contributed by atoms with Gasteiger partial charge >= 0.3 is 0 Å². The number of furan rings is 1. The molecule has 49 heavy (non-hydrogen) atoms. The molecule has 0 atom stereocenters. The van der Waals surface area contributed by atoms with Crippen molar-refractivity contribution >= 4 is 54.3 Å². The minimum Gasteiger partial charge on any atom is -0.456 e. The van der Waals surface area contributed by atoms with Crippen LogP contribution in [0.1, 0.15) is 24.7 Å². The summed E-state index contributed by atoms with van der Waals surface area (Å²) in [6.45, 7) is 0. The van der Waals surface area contributed by atoms with E-state index >= 15 is 0 Å². The Balaban J connectivity index is 1.22. The van der Waals surface area contributed by atoms with Gasteiger partial charge in [0, 0.05) is 10.8 Å². The van der Waals surface area contributed by atoms with Crippen molar-refractivity contribution in [3.05, 3.63) is 182 Å². The van der Waals surface area contributed by atoms with Crippen LogP contribution in [0, 0.1) is 0 Å². The lowest BCUT2D eigenvalue weighted by Gasteiger charge is -2.18. The molecule has 1 heteroatoms. The lowest BCUT2D eigenvalue weighted by molar-refractivity contribution is 0.669. The highest BCUT2D eigenvalue weighted by Gasteiger charge is 2.20. The van der Waals surface area contributed by atoms with Crippen molar-refractivity contribution in [1.82, 2.24) is 0 Å². The third-order valence-corrected chi connectivity index (χ3v) is 8.72. The summed E-state index contributed by atoms with van der Waals surface area (Å²) in [4.78, 5) is 0. The summed E-state index contributed by atoms with van der Waals surface area (Å²) in [7, 11) is 0. The molecular formula is C48H30O. The van der Waals surface area contributed by atoms with Gasteiger partial charge in [-0.1, -0.05) is 163 Å². The Morgan fingerprint density at radius 3 is 1.55 bits per heavy atom. The van der Waals surface area contributed by atoms with Gasteiger partial charge in [0.25, 0.3) is 0 Å². The zero-order chi connectivity index (χ0) is 48.0. The maximum absolute atomic E-state index is 9.46. The Labute approximate surface area is 309 Å². The number of benzene rings is 9. The molecule has 0 unspecified atom stereocenters. The van der Waals surface area contributed by atoms with Gasteiger partial charge < -0.3 is 4.42 Å². The Morgan fingerprint density at radius 1 is 0.367 bits per heavy atom. The first-order valence-corrected chi connectivity index (χ1v) is 15.4. The summed E-state index contributed by atoms with van der Waals surface area (Å²) >= 11 is 0. The molecule has 0 fully saturated rings. The zero-order valence-electron chi connectivity index (χ0n) is 43.3. The number of fused-ring (bicyclic) bond motifs is 6. The predicted octanol–water partition coefficient (Wildman–Crippen LogP) is 13.7. The van der Waals surface area contributed by atoms with E-state index in [1.54, 1.807) is 36.4 Å². The van der Waals surface area contributed by atoms with Crippen molar-refractivity contribution in [2.75, 3.05) is 0 Å². The minimum absolute atomic E-state index is 0.0436. The molecule has 228 valence electrons. The van der Waals surface area contributed by atoms with Gasteiger partial charge in [0.15, 0.2) is 0 Å². The standard InChI is InChI=1S/C48H30O/c1-2-11-31(12-3-1)32-21-23-33(24-22-32)34-25-27-35(28-26-34)46-38-15-6-8-17-40(38)47(41-18-9-7-16-39(41)46)42-19-10-20-44-48(42)43-29-36-13-4-5-14-37(36)30-45(43)49-44/h1-30H/i1D,2D,3D,4D,5D,10D,11D,12D,13D,14D,19D,20D,21D,22D,23D,24D,29D,30D. The second-order valence-corrected chi connectivity index (χ2v) is 11.4. The maximum atomic E-state index is 9.46. The molecule has 1 heterocycles. The number of hydrogen-bond donors (Lipinski definition) is 0. The number of hydrogen-bond acceptors (Lipinski definition) is 1. The Bertz CT molecular complexity index is 3780. The highest BCUT2D eigenvalue weighted by molar-refractivity contribution is 6.26. The fraction of sp³-hybridized carbons (Fsp3) is 0. The van der Waals surface area contributed by atoms with Crippen molar-refractivity contribution in [3.8, 4) is 44.5 Å². The fourth-order valence-corrected chi connectivity index (χ4v) is 6.57. The molecule has 0 bridgehead atoms. The summed E-state index contributed by atoms with van der Waals surface area (Å²) in [6, 6.07) is 11.6. The van der Waals surface area contributed by atoms with Gasteiger partial charge in [-0.3, -0.25) is 0 Å². The van der Waals surface area contributed by atoms with E-state index in [0.717, 1.165) is 5.56 Å². The topological polar surface area (TPSA) is 13.1 Å². The Morgan fingerprint density at radius 2 is 0.898 bits per heavy atom. The van der Waals surface area contributed by atoms with Crippen LogP contribution in [0.2, 0.25) is 0 Å². The molecule has 0 saturated carbocycles. The van der Waals surface area contributed by atoms with Crippen LogP contribution in [0.4, 0.5) is 0 Å². The largest absolute Gasteiger partial charge is 0.456 e. The van der Waals surface area contributed by atoms with Crippen molar-refractivity contribution < 1.29 is 29.1 Å². The molecule has 0 saturated heterocycles. The lowest BCUT2D eigenvalue weighted by Crippen LogP contribution is -1.91. The molecule has 9 aromatic carbocycles. The molecular weight excluding hydrogens is 593 g/mol. The molecule has 0 aliphatic carbocycles. The maximum Gasteiger partial charge on any atom is 0.136 e. The normalized spacial score (nSPS) is 16.8. The first kappa shape index (κ1) is 15.2. The van der Waals surface area contributed by atoms with Gasteiger partial charge in [-0.25, -0.2) is 0 Å². The van der Waals surface area contributed by atoms with E-state index < -0.39 is 108 Å². The third-order valence-electron chi connectivity index (χ3n) is 8.72. The molecule has 0 radical (unpaired) electrons. The summed E-state index contributed by atoms with van der Waals surface area (Å²) < 4.78 is 163. The lowest BCUT2D eigenvalue weighted by atomic mass is 9.84.